The van der Waals surface area contributed by atoms with E-state index in [0.717, 1.165) is 10.7 Å². The highest BCUT2D eigenvalue weighted by molar-refractivity contribution is 8.26. The second-order valence-electron chi connectivity index (χ2n) is 3.70. The van der Waals surface area contributed by atoms with Crippen molar-refractivity contribution < 1.29 is 9.59 Å². The fraction of sp³-hybridized carbons (Fsp3) is 0.182. The summed E-state index contributed by atoms with van der Waals surface area (Å²) < 4.78 is 0.328. The Morgan fingerprint density at radius 2 is 2.17 bits per heavy atom. The van der Waals surface area contributed by atoms with Gasteiger partial charge in [-0.15, -0.1) is 0 Å². The predicted molar refractivity (Wildman–Crippen MR) is 73.9 cm³/mol. The van der Waals surface area contributed by atoms with Crippen molar-refractivity contribution >= 4 is 40.1 Å². The van der Waals surface area contributed by atoms with Crippen LogP contribution in [0, 0.1) is 0 Å². The molecule has 2 heterocycles. The van der Waals surface area contributed by atoms with E-state index in [9.17, 15) is 9.59 Å². The number of thiocarbonyl (C=S) groups is 1. The summed E-state index contributed by atoms with van der Waals surface area (Å²) in [5, 5.41) is 1.10. The fourth-order valence-corrected chi connectivity index (χ4v) is 2.80. The van der Waals surface area contributed by atoms with Gasteiger partial charge in [0, 0.05) is 20.2 Å². The van der Waals surface area contributed by atoms with E-state index in [0.29, 0.717) is 9.23 Å². The first-order valence-electron chi connectivity index (χ1n) is 5.16. The van der Waals surface area contributed by atoms with Crippen molar-refractivity contribution in [3.63, 3.8) is 0 Å². The Bertz CT molecular complexity index is 522. The maximum atomic E-state index is 12.2. The lowest BCUT2D eigenvalue weighted by Gasteiger charge is -2.19. The molecular formula is C11H11N3O2S2. The Balaban J connectivity index is 2.33. The van der Waals surface area contributed by atoms with Gasteiger partial charge in [-0.25, -0.2) is 0 Å². The number of carbonyl (C=O) groups is 2. The predicted octanol–water partition coefficient (Wildman–Crippen LogP) is 1.12. The number of hydrogen-bond acceptors (Lipinski definition) is 5. The van der Waals surface area contributed by atoms with Crippen molar-refractivity contribution in [2.75, 3.05) is 7.05 Å². The largest absolute Gasteiger partial charge is 0.350 e. The molecule has 0 atom stereocenters. The summed E-state index contributed by atoms with van der Waals surface area (Å²) in [5.41, 5.74) is 3.18. The Morgan fingerprint density at radius 3 is 2.78 bits per heavy atom. The number of nitrogens with one attached hydrogen (secondary N) is 1. The van der Waals surface area contributed by atoms with Crippen molar-refractivity contribution in [3.05, 3.63) is 35.0 Å². The van der Waals surface area contributed by atoms with E-state index in [-0.39, 0.29) is 11.8 Å². The Hall–Kier alpha value is -1.60. The lowest BCUT2D eigenvalue weighted by molar-refractivity contribution is -0.132. The maximum Gasteiger partial charge on any atom is 0.287 e. The molecule has 2 rings (SSSR count). The molecule has 0 radical (unpaired) electrons. The molecule has 1 saturated heterocycles. The van der Waals surface area contributed by atoms with Crippen LogP contribution in [0.4, 0.5) is 0 Å². The highest BCUT2D eigenvalue weighted by Crippen LogP contribution is 2.34. The molecule has 18 heavy (non-hydrogen) atoms. The van der Waals surface area contributed by atoms with Gasteiger partial charge in [-0.2, -0.15) is 5.01 Å². The van der Waals surface area contributed by atoms with E-state index in [1.165, 1.54) is 18.7 Å². The van der Waals surface area contributed by atoms with Gasteiger partial charge in [-0.3, -0.25) is 15.0 Å². The van der Waals surface area contributed by atoms with Gasteiger partial charge in [0.1, 0.15) is 4.91 Å². The number of carbonyl (C=O) groups excluding carboxylic acids is 2. The molecule has 0 aromatic carbocycles. The number of hydrogen-bond donors (Lipinski definition) is 1. The van der Waals surface area contributed by atoms with Gasteiger partial charge < -0.3 is 4.90 Å². The molecule has 0 aromatic rings. The second kappa shape index (κ2) is 4.95. The van der Waals surface area contributed by atoms with Crippen molar-refractivity contribution in [3.8, 4) is 0 Å². The molecule has 0 bridgehead atoms. The van der Waals surface area contributed by atoms with E-state index >= 15 is 0 Å². The lowest BCUT2D eigenvalue weighted by Crippen LogP contribution is -2.43. The minimum atomic E-state index is -0.329. The standard InChI is InChI=1S/C11H11N3O2S2/c1-7(15)12-14-10(16)9(18-11(14)17)8-5-3-4-6-13(8)2/h3-6H,1-2H3,(H,12,15)/b9-8-. The normalized spacial score (nSPS) is 23.0. The summed E-state index contributed by atoms with van der Waals surface area (Å²) in [4.78, 5) is 25.5. The molecule has 0 aliphatic carbocycles. The average Bonchev–Trinajstić information content (AvgIpc) is 2.57. The number of likely N-dealkylation sites (N-methyl/N-ethyl adjacent to an activating group) is 1. The molecule has 7 heteroatoms. The van der Waals surface area contributed by atoms with Crippen LogP contribution in [0.5, 0.6) is 0 Å². The molecule has 0 unspecified atom stereocenters. The number of rotatable bonds is 1. The van der Waals surface area contributed by atoms with E-state index in [4.69, 9.17) is 12.2 Å². The smallest absolute Gasteiger partial charge is 0.287 e. The highest BCUT2D eigenvalue weighted by atomic mass is 32.2. The molecule has 2 aliphatic rings. The minimum Gasteiger partial charge on any atom is -0.350 e. The lowest BCUT2D eigenvalue weighted by atomic mass is 10.2. The first kappa shape index (κ1) is 12.8. The first-order valence-corrected chi connectivity index (χ1v) is 6.38. The Kier molecular flexibility index (Phi) is 3.53. The summed E-state index contributed by atoms with van der Waals surface area (Å²) in [6.45, 7) is 1.33. The summed E-state index contributed by atoms with van der Waals surface area (Å²) in [7, 11) is 1.85. The Labute approximate surface area is 114 Å². The third-order valence-corrected chi connectivity index (χ3v) is 3.70. The number of allylic oxidation sites excluding steroid dienone is 3. The van der Waals surface area contributed by atoms with Gasteiger partial charge in [-0.1, -0.05) is 17.8 Å². The van der Waals surface area contributed by atoms with Gasteiger partial charge in [-0.05, 0) is 24.4 Å². The first-order chi connectivity index (χ1) is 8.50. The molecule has 1 N–H and O–H groups in total. The quantitative estimate of drug-likeness (QED) is 0.577. The number of amides is 2. The van der Waals surface area contributed by atoms with Crippen LogP contribution in [0.1, 0.15) is 6.92 Å². The zero-order valence-electron chi connectivity index (χ0n) is 9.84. The number of thioether (sulfide) groups is 1. The number of hydrazine groups is 1. The van der Waals surface area contributed by atoms with E-state index in [2.05, 4.69) is 5.43 Å². The van der Waals surface area contributed by atoms with Crippen molar-refractivity contribution in [1.29, 1.82) is 0 Å². The molecular weight excluding hydrogens is 270 g/mol. The summed E-state index contributed by atoms with van der Waals surface area (Å²) in [5.74, 6) is -0.632. The SMILES string of the molecule is CC(=O)NN1C(=O)/C(=C2\C=CC=CN2C)SC1=S. The van der Waals surface area contributed by atoms with Crippen LogP contribution in [-0.2, 0) is 9.59 Å². The van der Waals surface area contributed by atoms with Crippen LogP contribution >= 0.6 is 24.0 Å². The van der Waals surface area contributed by atoms with Crippen LogP contribution < -0.4 is 5.43 Å². The van der Waals surface area contributed by atoms with Crippen LogP contribution in [-0.4, -0.2) is 33.1 Å². The van der Waals surface area contributed by atoms with Crippen LogP contribution in [0.2, 0.25) is 0 Å². The molecule has 2 aliphatic heterocycles. The van der Waals surface area contributed by atoms with Gasteiger partial charge in [0.15, 0.2) is 4.32 Å². The maximum absolute atomic E-state index is 12.2. The van der Waals surface area contributed by atoms with Gasteiger partial charge in [0.2, 0.25) is 5.91 Å². The third kappa shape index (κ3) is 2.32. The number of nitrogens with zero attached hydrogens (tertiary/aromatic N) is 2. The van der Waals surface area contributed by atoms with Gasteiger partial charge >= 0.3 is 0 Å². The van der Waals surface area contributed by atoms with E-state index in [1.54, 1.807) is 0 Å². The van der Waals surface area contributed by atoms with E-state index in [1.807, 2.05) is 36.4 Å². The monoisotopic (exact) mass is 281 g/mol. The van der Waals surface area contributed by atoms with Gasteiger partial charge in [0.25, 0.3) is 5.91 Å². The zero-order chi connectivity index (χ0) is 13.3. The molecule has 0 aromatic heterocycles. The minimum absolute atomic E-state index is 0.304. The topological polar surface area (TPSA) is 52.7 Å². The summed E-state index contributed by atoms with van der Waals surface area (Å²) in [6.07, 6.45) is 7.40. The summed E-state index contributed by atoms with van der Waals surface area (Å²) >= 11 is 6.26. The fourth-order valence-electron chi connectivity index (χ4n) is 1.54. The second-order valence-corrected chi connectivity index (χ2v) is 5.35. The van der Waals surface area contributed by atoms with Crippen LogP contribution in [0.15, 0.2) is 35.0 Å². The zero-order valence-corrected chi connectivity index (χ0v) is 11.5. The highest BCUT2D eigenvalue weighted by Gasteiger charge is 2.35. The molecule has 1 fully saturated rings. The average molecular weight is 281 g/mol. The summed E-state index contributed by atoms with van der Waals surface area (Å²) in [6, 6.07) is 0. The molecule has 2 amide bonds. The van der Waals surface area contributed by atoms with Crippen LogP contribution in [0.25, 0.3) is 0 Å². The van der Waals surface area contributed by atoms with Crippen LogP contribution in [0.3, 0.4) is 0 Å². The van der Waals surface area contributed by atoms with Gasteiger partial charge in [0.05, 0.1) is 5.70 Å². The molecule has 5 nitrogen and oxygen atoms in total. The molecule has 0 saturated carbocycles. The Morgan fingerprint density at radius 1 is 1.44 bits per heavy atom. The van der Waals surface area contributed by atoms with Crippen molar-refractivity contribution in [2.45, 2.75) is 6.92 Å². The molecule has 94 valence electrons. The third-order valence-electron chi connectivity index (χ3n) is 2.33. The van der Waals surface area contributed by atoms with Crippen molar-refractivity contribution in [2.24, 2.45) is 0 Å². The molecule has 0 spiro atoms. The van der Waals surface area contributed by atoms with Crippen molar-refractivity contribution in [1.82, 2.24) is 15.3 Å². The van der Waals surface area contributed by atoms with E-state index < -0.39 is 0 Å².